The van der Waals surface area contributed by atoms with Crippen molar-refractivity contribution < 1.29 is 14.0 Å². The standard InChI is InChI=1S/C20H30FN3O2/c1-3-7-18(19(25)24(2)17-8-5-4-6-9-17)23-20(26)22-14-15-10-12-16(21)13-11-15/h10-13,17-18H,3-9,14H2,1-2H3,(H2,22,23,26). The molecule has 26 heavy (non-hydrogen) atoms. The lowest BCUT2D eigenvalue weighted by molar-refractivity contribution is -0.134. The predicted octanol–water partition coefficient (Wildman–Crippen LogP) is 3.58. The Morgan fingerprint density at radius 1 is 1.19 bits per heavy atom. The van der Waals surface area contributed by atoms with Crippen LogP contribution in [0.5, 0.6) is 0 Å². The molecule has 0 saturated heterocycles. The molecule has 1 aromatic rings. The number of hydrogen-bond donors (Lipinski definition) is 2. The molecule has 2 N–H and O–H groups in total. The molecule has 1 unspecified atom stereocenters. The molecule has 2 rings (SSSR count). The molecule has 0 bridgehead atoms. The summed E-state index contributed by atoms with van der Waals surface area (Å²) in [7, 11) is 1.85. The summed E-state index contributed by atoms with van der Waals surface area (Å²) < 4.78 is 12.9. The van der Waals surface area contributed by atoms with Crippen molar-refractivity contribution in [3.63, 3.8) is 0 Å². The number of halogens is 1. The van der Waals surface area contributed by atoms with Gasteiger partial charge in [0.25, 0.3) is 0 Å². The van der Waals surface area contributed by atoms with Crippen LogP contribution in [0.3, 0.4) is 0 Å². The fraction of sp³-hybridized carbons (Fsp3) is 0.600. The van der Waals surface area contributed by atoms with Crippen molar-refractivity contribution in [2.75, 3.05) is 7.05 Å². The van der Waals surface area contributed by atoms with Crippen LogP contribution in [0, 0.1) is 5.82 Å². The van der Waals surface area contributed by atoms with Crippen LogP contribution in [0.15, 0.2) is 24.3 Å². The van der Waals surface area contributed by atoms with Gasteiger partial charge in [0.15, 0.2) is 0 Å². The molecule has 0 radical (unpaired) electrons. The maximum atomic E-state index is 12.9. The zero-order valence-electron chi connectivity index (χ0n) is 15.8. The Balaban J connectivity index is 1.87. The van der Waals surface area contributed by atoms with Crippen LogP contribution in [0.4, 0.5) is 9.18 Å². The lowest BCUT2D eigenvalue weighted by Crippen LogP contribution is -2.52. The minimum Gasteiger partial charge on any atom is -0.341 e. The molecule has 1 aliphatic carbocycles. The molecule has 1 saturated carbocycles. The van der Waals surface area contributed by atoms with Gasteiger partial charge in [-0.25, -0.2) is 9.18 Å². The Bertz CT molecular complexity index is 585. The lowest BCUT2D eigenvalue weighted by atomic mass is 9.94. The molecule has 1 fully saturated rings. The molecule has 1 aliphatic rings. The zero-order valence-corrected chi connectivity index (χ0v) is 15.8. The number of hydrogen-bond acceptors (Lipinski definition) is 2. The first kappa shape index (κ1) is 20.2. The second-order valence-corrected chi connectivity index (χ2v) is 7.04. The molecule has 1 aromatic carbocycles. The van der Waals surface area contributed by atoms with Gasteiger partial charge in [0.05, 0.1) is 0 Å². The second kappa shape index (κ2) is 10.1. The summed E-state index contributed by atoms with van der Waals surface area (Å²) in [6.45, 7) is 2.29. The molecule has 6 heteroatoms. The average Bonchev–Trinajstić information content (AvgIpc) is 2.66. The molecular weight excluding hydrogens is 333 g/mol. The molecule has 0 aromatic heterocycles. The number of nitrogens with zero attached hydrogens (tertiary/aromatic N) is 1. The number of urea groups is 1. The first-order valence-electron chi connectivity index (χ1n) is 9.56. The Kier molecular flexibility index (Phi) is 7.88. The van der Waals surface area contributed by atoms with E-state index in [1.807, 2.05) is 18.9 Å². The fourth-order valence-corrected chi connectivity index (χ4v) is 3.43. The van der Waals surface area contributed by atoms with Crippen LogP contribution in [-0.2, 0) is 11.3 Å². The van der Waals surface area contributed by atoms with E-state index >= 15 is 0 Å². The van der Waals surface area contributed by atoms with E-state index in [9.17, 15) is 14.0 Å². The van der Waals surface area contributed by atoms with Gasteiger partial charge in [0, 0.05) is 19.6 Å². The fourth-order valence-electron chi connectivity index (χ4n) is 3.43. The summed E-state index contributed by atoms with van der Waals surface area (Å²) in [6, 6.07) is 5.36. The third-order valence-corrected chi connectivity index (χ3v) is 5.02. The summed E-state index contributed by atoms with van der Waals surface area (Å²) in [6.07, 6.45) is 7.06. The number of benzene rings is 1. The average molecular weight is 363 g/mol. The van der Waals surface area contributed by atoms with Gasteiger partial charge < -0.3 is 15.5 Å². The summed E-state index contributed by atoms with van der Waals surface area (Å²) >= 11 is 0. The largest absolute Gasteiger partial charge is 0.341 e. The topological polar surface area (TPSA) is 61.4 Å². The highest BCUT2D eigenvalue weighted by Gasteiger charge is 2.28. The lowest BCUT2D eigenvalue weighted by Gasteiger charge is -2.34. The van der Waals surface area contributed by atoms with Crippen LogP contribution in [-0.4, -0.2) is 36.0 Å². The zero-order chi connectivity index (χ0) is 18.9. The smallest absolute Gasteiger partial charge is 0.315 e. The second-order valence-electron chi connectivity index (χ2n) is 7.04. The number of rotatable bonds is 7. The third-order valence-electron chi connectivity index (χ3n) is 5.02. The molecule has 3 amide bonds. The van der Waals surface area contributed by atoms with Gasteiger partial charge in [-0.15, -0.1) is 0 Å². The van der Waals surface area contributed by atoms with Gasteiger partial charge >= 0.3 is 6.03 Å². The number of amides is 3. The monoisotopic (exact) mass is 363 g/mol. The Morgan fingerprint density at radius 3 is 2.46 bits per heavy atom. The third kappa shape index (κ3) is 6.00. The minimum absolute atomic E-state index is 0.0179. The first-order valence-corrected chi connectivity index (χ1v) is 9.56. The highest BCUT2D eigenvalue weighted by Crippen LogP contribution is 2.22. The quantitative estimate of drug-likeness (QED) is 0.778. The van der Waals surface area contributed by atoms with Crippen molar-refractivity contribution in [1.29, 1.82) is 0 Å². The van der Waals surface area contributed by atoms with Crippen LogP contribution >= 0.6 is 0 Å². The SMILES string of the molecule is CCCC(NC(=O)NCc1ccc(F)cc1)C(=O)N(C)C1CCCCC1. The number of carbonyl (C=O) groups is 2. The molecule has 0 spiro atoms. The van der Waals surface area contributed by atoms with E-state index in [-0.39, 0.29) is 30.3 Å². The van der Waals surface area contributed by atoms with Gasteiger partial charge in [-0.1, -0.05) is 44.7 Å². The van der Waals surface area contributed by atoms with E-state index in [4.69, 9.17) is 0 Å². The van der Waals surface area contributed by atoms with Crippen molar-refractivity contribution >= 4 is 11.9 Å². The highest BCUT2D eigenvalue weighted by atomic mass is 19.1. The van der Waals surface area contributed by atoms with Crippen molar-refractivity contribution in [2.45, 2.75) is 70.5 Å². The van der Waals surface area contributed by atoms with E-state index in [0.29, 0.717) is 6.42 Å². The Labute approximate surface area is 155 Å². The van der Waals surface area contributed by atoms with Gasteiger partial charge in [0.2, 0.25) is 5.91 Å². The van der Waals surface area contributed by atoms with Crippen molar-refractivity contribution in [1.82, 2.24) is 15.5 Å². The van der Waals surface area contributed by atoms with E-state index in [0.717, 1.165) is 37.7 Å². The van der Waals surface area contributed by atoms with Gasteiger partial charge in [-0.05, 0) is 37.0 Å². The van der Waals surface area contributed by atoms with Crippen LogP contribution in [0.25, 0.3) is 0 Å². The summed E-state index contributed by atoms with van der Waals surface area (Å²) in [4.78, 5) is 26.8. The number of nitrogens with one attached hydrogen (secondary N) is 2. The van der Waals surface area contributed by atoms with E-state index < -0.39 is 6.04 Å². The normalized spacial score (nSPS) is 16.0. The molecule has 0 aliphatic heterocycles. The Hall–Kier alpha value is -2.11. The highest BCUT2D eigenvalue weighted by molar-refractivity contribution is 5.87. The van der Waals surface area contributed by atoms with E-state index in [2.05, 4.69) is 10.6 Å². The van der Waals surface area contributed by atoms with Crippen molar-refractivity contribution in [2.24, 2.45) is 0 Å². The molecule has 0 heterocycles. The molecule has 5 nitrogen and oxygen atoms in total. The molecule has 1 atom stereocenters. The number of likely N-dealkylation sites (N-methyl/N-ethyl adjacent to an activating group) is 1. The van der Waals surface area contributed by atoms with Crippen LogP contribution in [0.2, 0.25) is 0 Å². The van der Waals surface area contributed by atoms with Gasteiger partial charge in [-0.3, -0.25) is 4.79 Å². The van der Waals surface area contributed by atoms with Crippen LogP contribution in [0.1, 0.15) is 57.4 Å². The maximum Gasteiger partial charge on any atom is 0.315 e. The summed E-state index contributed by atoms with van der Waals surface area (Å²) in [5, 5.41) is 5.54. The summed E-state index contributed by atoms with van der Waals surface area (Å²) in [5.74, 6) is -0.326. The van der Waals surface area contributed by atoms with E-state index in [1.54, 1.807) is 12.1 Å². The van der Waals surface area contributed by atoms with Crippen molar-refractivity contribution in [3.05, 3.63) is 35.6 Å². The van der Waals surface area contributed by atoms with Crippen LogP contribution < -0.4 is 10.6 Å². The van der Waals surface area contributed by atoms with E-state index in [1.165, 1.54) is 18.6 Å². The van der Waals surface area contributed by atoms with Crippen molar-refractivity contribution in [3.8, 4) is 0 Å². The predicted molar refractivity (Wildman–Crippen MR) is 100 cm³/mol. The minimum atomic E-state index is -0.514. The van der Waals surface area contributed by atoms with Gasteiger partial charge in [-0.2, -0.15) is 0 Å². The molecule has 144 valence electrons. The summed E-state index contributed by atoms with van der Waals surface area (Å²) in [5.41, 5.74) is 0.805. The number of carbonyl (C=O) groups excluding carboxylic acids is 2. The molecular formula is C20H30FN3O2. The van der Waals surface area contributed by atoms with Gasteiger partial charge in [0.1, 0.15) is 11.9 Å². The first-order chi connectivity index (χ1) is 12.5. The Morgan fingerprint density at radius 2 is 1.85 bits per heavy atom. The maximum absolute atomic E-state index is 12.9.